The zero-order chi connectivity index (χ0) is 12.1. The molecule has 4 nitrogen and oxygen atoms in total. The van der Waals surface area contributed by atoms with Gasteiger partial charge in [0.2, 0.25) is 0 Å². The number of carbonyl (C=O) groups is 2. The smallest absolute Gasteiger partial charge is 0.328 e. The van der Waals surface area contributed by atoms with Gasteiger partial charge in [0.1, 0.15) is 6.04 Å². The van der Waals surface area contributed by atoms with Crippen molar-refractivity contribution in [1.82, 2.24) is 5.32 Å². The van der Waals surface area contributed by atoms with E-state index in [0.717, 1.165) is 4.88 Å². The van der Waals surface area contributed by atoms with Crippen molar-refractivity contribution in [2.24, 2.45) is 0 Å². The first-order valence-electron chi connectivity index (χ1n) is 5.08. The van der Waals surface area contributed by atoms with E-state index in [0.29, 0.717) is 11.5 Å². The zero-order valence-corrected chi connectivity index (χ0v) is 10.4. The van der Waals surface area contributed by atoms with E-state index in [1.165, 1.54) is 11.3 Å². The molecule has 1 amide bonds. The molecule has 0 aliphatic rings. The second-order valence-corrected chi connectivity index (χ2v) is 4.65. The van der Waals surface area contributed by atoms with Crippen molar-refractivity contribution in [2.75, 3.05) is 6.61 Å². The lowest BCUT2D eigenvalue weighted by Gasteiger charge is -2.11. The molecule has 0 aromatic carbocycles. The minimum absolute atomic E-state index is 0.237. The van der Waals surface area contributed by atoms with Gasteiger partial charge in [0, 0.05) is 4.88 Å². The zero-order valence-electron chi connectivity index (χ0n) is 9.57. The Kier molecular flexibility index (Phi) is 4.49. The summed E-state index contributed by atoms with van der Waals surface area (Å²) in [7, 11) is 0. The Labute approximate surface area is 98.6 Å². The number of esters is 1. The minimum atomic E-state index is -0.616. The largest absolute Gasteiger partial charge is 0.464 e. The number of nitrogens with one attached hydrogen (secondary N) is 1. The molecule has 1 rings (SSSR count). The van der Waals surface area contributed by atoms with Crippen LogP contribution in [0.3, 0.4) is 0 Å². The second kappa shape index (κ2) is 5.65. The number of amides is 1. The Morgan fingerprint density at radius 1 is 1.50 bits per heavy atom. The van der Waals surface area contributed by atoms with Gasteiger partial charge in [-0.05, 0) is 32.9 Å². The van der Waals surface area contributed by atoms with Crippen molar-refractivity contribution in [3.05, 3.63) is 21.9 Å². The standard InChI is InChI=1S/C11H15NO3S/c1-4-15-11(14)8(3)12-10(13)9-6-5-7(2)16-9/h5-6,8H,4H2,1-3H3,(H,12,13). The van der Waals surface area contributed by atoms with Gasteiger partial charge >= 0.3 is 5.97 Å². The number of carbonyl (C=O) groups excluding carboxylic acids is 2. The highest BCUT2D eigenvalue weighted by molar-refractivity contribution is 7.13. The van der Waals surface area contributed by atoms with Gasteiger partial charge in [-0.3, -0.25) is 4.79 Å². The maximum atomic E-state index is 11.7. The molecule has 0 saturated heterocycles. The third kappa shape index (κ3) is 3.34. The average Bonchev–Trinajstić information content (AvgIpc) is 2.65. The summed E-state index contributed by atoms with van der Waals surface area (Å²) in [5.74, 6) is -0.650. The van der Waals surface area contributed by atoms with Crippen molar-refractivity contribution in [1.29, 1.82) is 0 Å². The molecule has 1 aromatic heterocycles. The number of rotatable bonds is 4. The van der Waals surface area contributed by atoms with E-state index in [4.69, 9.17) is 4.74 Å². The maximum absolute atomic E-state index is 11.7. The van der Waals surface area contributed by atoms with Crippen LogP contribution < -0.4 is 5.32 Å². The predicted octanol–water partition coefficient (Wildman–Crippen LogP) is 1.74. The fraction of sp³-hybridized carbons (Fsp3) is 0.455. The first-order chi connectivity index (χ1) is 7.54. The number of thiophene rings is 1. The van der Waals surface area contributed by atoms with E-state index in [1.807, 2.05) is 13.0 Å². The number of aryl methyl sites for hydroxylation is 1. The number of hydrogen-bond acceptors (Lipinski definition) is 4. The molecule has 0 aliphatic heterocycles. The molecule has 0 radical (unpaired) electrons. The third-order valence-electron chi connectivity index (χ3n) is 1.95. The van der Waals surface area contributed by atoms with E-state index in [9.17, 15) is 9.59 Å². The van der Waals surface area contributed by atoms with Crippen LogP contribution in [0.25, 0.3) is 0 Å². The lowest BCUT2D eigenvalue weighted by molar-refractivity contribution is -0.144. The molecule has 0 aliphatic carbocycles. The molecule has 0 spiro atoms. The van der Waals surface area contributed by atoms with Crippen LogP contribution in [0.2, 0.25) is 0 Å². The Bertz CT molecular complexity index is 386. The van der Waals surface area contributed by atoms with Gasteiger partial charge in [0.15, 0.2) is 0 Å². The summed E-state index contributed by atoms with van der Waals surface area (Å²) in [6.07, 6.45) is 0. The van der Waals surface area contributed by atoms with Crippen LogP contribution in [0.4, 0.5) is 0 Å². The molecule has 0 bridgehead atoms. The highest BCUT2D eigenvalue weighted by Crippen LogP contribution is 2.14. The minimum Gasteiger partial charge on any atom is -0.464 e. The monoisotopic (exact) mass is 241 g/mol. The van der Waals surface area contributed by atoms with Crippen LogP contribution >= 0.6 is 11.3 Å². The van der Waals surface area contributed by atoms with Gasteiger partial charge in [-0.2, -0.15) is 0 Å². The molecule has 1 aromatic rings. The fourth-order valence-electron chi connectivity index (χ4n) is 1.15. The van der Waals surface area contributed by atoms with Crippen molar-refractivity contribution in [2.45, 2.75) is 26.8 Å². The van der Waals surface area contributed by atoms with Crippen LogP contribution in [0.5, 0.6) is 0 Å². The molecular formula is C11H15NO3S. The van der Waals surface area contributed by atoms with Gasteiger partial charge in [0.05, 0.1) is 11.5 Å². The van der Waals surface area contributed by atoms with Crippen molar-refractivity contribution < 1.29 is 14.3 Å². The lowest BCUT2D eigenvalue weighted by atomic mass is 10.3. The molecule has 5 heteroatoms. The second-order valence-electron chi connectivity index (χ2n) is 3.36. The predicted molar refractivity (Wildman–Crippen MR) is 62.6 cm³/mol. The van der Waals surface area contributed by atoms with Gasteiger partial charge < -0.3 is 10.1 Å². The van der Waals surface area contributed by atoms with E-state index >= 15 is 0 Å². The summed E-state index contributed by atoms with van der Waals surface area (Å²) >= 11 is 1.40. The summed E-state index contributed by atoms with van der Waals surface area (Å²) in [5.41, 5.74) is 0. The Hall–Kier alpha value is -1.36. The lowest BCUT2D eigenvalue weighted by Crippen LogP contribution is -2.39. The van der Waals surface area contributed by atoms with Crippen LogP contribution in [0.1, 0.15) is 28.4 Å². The molecule has 1 heterocycles. The summed E-state index contributed by atoms with van der Waals surface area (Å²) in [5, 5.41) is 2.59. The first-order valence-corrected chi connectivity index (χ1v) is 5.90. The normalized spacial score (nSPS) is 11.9. The molecule has 0 saturated carbocycles. The first kappa shape index (κ1) is 12.7. The summed E-state index contributed by atoms with van der Waals surface area (Å²) in [6, 6.07) is 3.00. The highest BCUT2D eigenvalue weighted by atomic mass is 32.1. The number of ether oxygens (including phenoxy) is 1. The van der Waals surface area contributed by atoms with Crippen LogP contribution in [0, 0.1) is 6.92 Å². The summed E-state index contributed by atoms with van der Waals surface area (Å²) < 4.78 is 4.80. The van der Waals surface area contributed by atoms with E-state index in [-0.39, 0.29) is 5.91 Å². The topological polar surface area (TPSA) is 55.4 Å². The summed E-state index contributed by atoms with van der Waals surface area (Å²) in [6.45, 7) is 5.58. The number of hydrogen-bond donors (Lipinski definition) is 1. The van der Waals surface area contributed by atoms with Gasteiger partial charge in [-0.15, -0.1) is 11.3 Å². The molecular weight excluding hydrogens is 226 g/mol. The molecule has 0 fully saturated rings. The van der Waals surface area contributed by atoms with Crippen LogP contribution in [-0.4, -0.2) is 24.5 Å². The SMILES string of the molecule is CCOC(=O)C(C)NC(=O)c1ccc(C)s1. The van der Waals surface area contributed by atoms with Crippen molar-refractivity contribution >= 4 is 23.2 Å². The Morgan fingerprint density at radius 2 is 2.19 bits per heavy atom. The molecule has 1 atom stereocenters. The van der Waals surface area contributed by atoms with Crippen molar-refractivity contribution in [3.8, 4) is 0 Å². The summed E-state index contributed by atoms with van der Waals surface area (Å²) in [4.78, 5) is 24.6. The van der Waals surface area contributed by atoms with Crippen molar-refractivity contribution in [3.63, 3.8) is 0 Å². The maximum Gasteiger partial charge on any atom is 0.328 e. The Balaban J connectivity index is 2.54. The average molecular weight is 241 g/mol. The fourth-order valence-corrected chi connectivity index (χ4v) is 1.92. The van der Waals surface area contributed by atoms with Gasteiger partial charge in [-0.1, -0.05) is 0 Å². The van der Waals surface area contributed by atoms with E-state index < -0.39 is 12.0 Å². The molecule has 1 unspecified atom stereocenters. The van der Waals surface area contributed by atoms with Gasteiger partial charge in [-0.25, -0.2) is 4.79 Å². The Morgan fingerprint density at radius 3 is 2.69 bits per heavy atom. The highest BCUT2D eigenvalue weighted by Gasteiger charge is 2.18. The van der Waals surface area contributed by atoms with Crippen LogP contribution in [-0.2, 0) is 9.53 Å². The molecule has 16 heavy (non-hydrogen) atoms. The molecule has 1 N–H and O–H groups in total. The third-order valence-corrected chi connectivity index (χ3v) is 2.95. The molecule has 88 valence electrons. The quantitative estimate of drug-likeness (QED) is 0.817. The van der Waals surface area contributed by atoms with E-state index in [1.54, 1.807) is 19.9 Å². The van der Waals surface area contributed by atoms with Gasteiger partial charge in [0.25, 0.3) is 5.91 Å². The van der Waals surface area contributed by atoms with E-state index in [2.05, 4.69) is 5.32 Å². The van der Waals surface area contributed by atoms with Crippen LogP contribution in [0.15, 0.2) is 12.1 Å².